The van der Waals surface area contributed by atoms with Crippen LogP contribution in [0.4, 0.5) is 0 Å². The summed E-state index contributed by atoms with van der Waals surface area (Å²) in [6.07, 6.45) is 3.28. The van der Waals surface area contributed by atoms with Crippen molar-refractivity contribution in [2.24, 2.45) is 4.99 Å². The summed E-state index contributed by atoms with van der Waals surface area (Å²) in [4.78, 5) is 30.0. The molecule has 7 nitrogen and oxygen atoms in total. The highest BCUT2D eigenvalue weighted by atomic mass is 79.9. The van der Waals surface area contributed by atoms with Crippen molar-refractivity contribution < 1.29 is 28.9 Å². The normalized spacial score (nSPS) is 15.4. The fourth-order valence-electron chi connectivity index (χ4n) is 3.21. The van der Waals surface area contributed by atoms with E-state index in [9.17, 15) is 14.7 Å². The molecule has 2 aromatic rings. The van der Waals surface area contributed by atoms with Crippen LogP contribution in [0.3, 0.4) is 0 Å². The molecule has 0 spiro atoms. The number of hydrogen-bond donors (Lipinski definition) is 1. The quantitative estimate of drug-likeness (QED) is 0.312. The van der Waals surface area contributed by atoms with Crippen LogP contribution in [0.15, 0.2) is 74.8 Å². The second-order valence-corrected chi connectivity index (χ2v) is 9.11. The summed E-state index contributed by atoms with van der Waals surface area (Å²) in [6.45, 7) is 7.50. The molecule has 1 N–H and O–H groups in total. The molecule has 182 valence electrons. The number of carbonyl (C=O) groups excluding carboxylic acids is 2. The van der Waals surface area contributed by atoms with E-state index in [-0.39, 0.29) is 23.0 Å². The molecule has 2 aromatic carbocycles. The zero-order chi connectivity index (χ0) is 25.5. The molecule has 0 radical (unpaired) electrons. The summed E-state index contributed by atoms with van der Waals surface area (Å²) in [6, 6.07) is 10.5. The maximum atomic E-state index is 12.9. The Morgan fingerprint density at radius 3 is 2.66 bits per heavy atom. The Balaban J connectivity index is 2.04. The fraction of sp³-hybridized carbons (Fsp3) is 0.192. The van der Waals surface area contributed by atoms with Gasteiger partial charge in [0.05, 0.1) is 23.1 Å². The number of ether oxygens (including phenoxy) is 3. The van der Waals surface area contributed by atoms with E-state index >= 15 is 0 Å². The average molecular weight is 558 g/mol. The van der Waals surface area contributed by atoms with Crippen LogP contribution in [0.1, 0.15) is 28.4 Å². The van der Waals surface area contributed by atoms with Gasteiger partial charge < -0.3 is 19.3 Å². The molecule has 0 fully saturated rings. The number of esters is 1. The second kappa shape index (κ2) is 11.9. The van der Waals surface area contributed by atoms with Crippen LogP contribution in [-0.2, 0) is 9.53 Å². The lowest BCUT2D eigenvalue weighted by molar-refractivity contribution is -0.138. The second-order valence-electron chi connectivity index (χ2n) is 7.23. The van der Waals surface area contributed by atoms with Crippen LogP contribution < -0.4 is 9.47 Å². The molecule has 1 amide bonds. The van der Waals surface area contributed by atoms with Gasteiger partial charge in [-0.3, -0.25) is 4.79 Å². The smallest absolute Gasteiger partial charge is 0.344 e. The highest BCUT2D eigenvalue weighted by Gasteiger charge is 2.34. The van der Waals surface area contributed by atoms with Crippen LogP contribution in [-0.4, -0.2) is 42.4 Å². The summed E-state index contributed by atoms with van der Waals surface area (Å²) in [5.41, 5.74) is 1.66. The van der Waals surface area contributed by atoms with Gasteiger partial charge in [-0.15, -0.1) is 0 Å². The minimum atomic E-state index is -0.760. The van der Waals surface area contributed by atoms with Crippen LogP contribution in [0.25, 0.3) is 6.08 Å². The molecular formula is C26H24BrNO6S. The van der Waals surface area contributed by atoms with Crippen molar-refractivity contribution in [3.63, 3.8) is 0 Å². The molecule has 0 saturated heterocycles. The molecule has 0 bridgehead atoms. The number of aryl methyl sites for hydroxylation is 1. The van der Waals surface area contributed by atoms with E-state index in [0.29, 0.717) is 38.6 Å². The predicted octanol–water partition coefficient (Wildman–Crippen LogP) is 6.03. The Hall–Kier alpha value is -3.30. The molecule has 35 heavy (non-hydrogen) atoms. The Morgan fingerprint density at radius 2 is 2.00 bits per heavy atom. The van der Waals surface area contributed by atoms with Crippen molar-refractivity contribution in [1.29, 1.82) is 0 Å². The summed E-state index contributed by atoms with van der Waals surface area (Å²) in [5, 5.41) is 11.0. The molecule has 1 heterocycles. The number of rotatable bonds is 8. The van der Waals surface area contributed by atoms with E-state index in [1.807, 2.05) is 6.07 Å². The van der Waals surface area contributed by atoms with Gasteiger partial charge in [-0.25, -0.2) is 9.79 Å². The standard InChI is InChI=1S/C26H24BrNO6S/c1-5-11-34-23-18(27)12-16(13-19(23)32-4)14-20-22(29)21(26(31)33-6-2)25(35-20)28-24(30)17-10-8-7-9-15(17)3/h5,7-10,12-14,29H,1,6,11H2,2-4H3/b20-14-,28-25?. The van der Waals surface area contributed by atoms with Crippen molar-refractivity contribution in [3.05, 3.63) is 86.5 Å². The SMILES string of the molecule is C=CCOc1c(Br)cc(/C=C2\SC(=NC(=O)c3ccccc3C)C(C(=O)OCC)=C2O)cc1OC. The van der Waals surface area contributed by atoms with Gasteiger partial charge in [-0.05, 0) is 65.2 Å². The molecule has 0 saturated carbocycles. The lowest BCUT2D eigenvalue weighted by Gasteiger charge is -2.12. The predicted molar refractivity (Wildman–Crippen MR) is 141 cm³/mol. The lowest BCUT2D eigenvalue weighted by Crippen LogP contribution is -2.14. The Morgan fingerprint density at radius 1 is 1.26 bits per heavy atom. The third-order valence-corrected chi connectivity index (χ3v) is 6.45. The van der Waals surface area contributed by atoms with Crippen molar-refractivity contribution in [2.45, 2.75) is 13.8 Å². The van der Waals surface area contributed by atoms with Crippen molar-refractivity contribution in [1.82, 2.24) is 0 Å². The number of thioether (sulfide) groups is 1. The molecule has 0 aliphatic carbocycles. The van der Waals surface area contributed by atoms with Crippen molar-refractivity contribution in [3.8, 4) is 11.5 Å². The van der Waals surface area contributed by atoms with E-state index < -0.39 is 11.9 Å². The van der Waals surface area contributed by atoms with Crippen molar-refractivity contribution >= 4 is 50.7 Å². The summed E-state index contributed by atoms with van der Waals surface area (Å²) < 4.78 is 16.8. The molecular weight excluding hydrogens is 534 g/mol. The van der Waals surface area contributed by atoms with E-state index in [2.05, 4.69) is 27.5 Å². The van der Waals surface area contributed by atoms with E-state index in [0.717, 1.165) is 17.3 Å². The molecule has 3 rings (SSSR count). The average Bonchev–Trinajstić information content (AvgIpc) is 3.12. The number of nitrogens with zero attached hydrogens (tertiary/aromatic N) is 1. The maximum absolute atomic E-state index is 12.9. The summed E-state index contributed by atoms with van der Waals surface area (Å²) in [7, 11) is 1.52. The highest BCUT2D eigenvalue weighted by Crippen LogP contribution is 2.42. The molecule has 0 unspecified atom stereocenters. The third-order valence-electron chi connectivity index (χ3n) is 4.84. The first-order chi connectivity index (χ1) is 16.8. The van der Waals surface area contributed by atoms with Gasteiger partial charge in [0.25, 0.3) is 5.91 Å². The Labute approximate surface area is 216 Å². The maximum Gasteiger partial charge on any atom is 0.344 e. The zero-order valence-electron chi connectivity index (χ0n) is 19.5. The Bertz CT molecular complexity index is 1260. The largest absolute Gasteiger partial charge is 0.506 e. The van der Waals surface area contributed by atoms with E-state index in [1.165, 1.54) is 7.11 Å². The first kappa shape index (κ1) is 26.3. The van der Waals surface area contributed by atoms with Crippen LogP contribution in [0.2, 0.25) is 0 Å². The number of halogens is 1. The van der Waals surface area contributed by atoms with Crippen LogP contribution >= 0.6 is 27.7 Å². The fourth-order valence-corrected chi connectivity index (χ4v) is 4.80. The number of amides is 1. The van der Waals surface area contributed by atoms with E-state index in [1.54, 1.807) is 56.3 Å². The number of aliphatic hydroxyl groups is 1. The molecule has 9 heteroatoms. The zero-order valence-corrected chi connectivity index (χ0v) is 21.9. The minimum absolute atomic E-state index is 0.0671. The molecule has 0 aromatic heterocycles. The number of carbonyl (C=O) groups is 2. The Kier molecular flexibility index (Phi) is 8.95. The van der Waals surface area contributed by atoms with Gasteiger partial charge in [0.15, 0.2) is 11.5 Å². The number of hydrogen-bond acceptors (Lipinski definition) is 7. The van der Waals surface area contributed by atoms with Crippen LogP contribution in [0, 0.1) is 6.92 Å². The number of methoxy groups -OCH3 is 1. The van der Waals surface area contributed by atoms with Gasteiger partial charge in [0.2, 0.25) is 0 Å². The molecule has 0 atom stereocenters. The van der Waals surface area contributed by atoms with E-state index in [4.69, 9.17) is 14.2 Å². The van der Waals surface area contributed by atoms with Gasteiger partial charge in [-0.2, -0.15) is 0 Å². The topological polar surface area (TPSA) is 94.4 Å². The van der Waals surface area contributed by atoms with Crippen LogP contribution in [0.5, 0.6) is 11.5 Å². The third kappa shape index (κ3) is 6.04. The number of aliphatic hydroxyl groups excluding tert-OH is 1. The summed E-state index contributed by atoms with van der Waals surface area (Å²) >= 11 is 4.48. The highest BCUT2D eigenvalue weighted by molar-refractivity contribution is 9.10. The van der Waals surface area contributed by atoms with Gasteiger partial charge in [0.1, 0.15) is 23.0 Å². The minimum Gasteiger partial charge on any atom is -0.506 e. The first-order valence-electron chi connectivity index (χ1n) is 10.6. The lowest BCUT2D eigenvalue weighted by atomic mass is 10.1. The van der Waals surface area contributed by atoms with Gasteiger partial charge in [-0.1, -0.05) is 42.6 Å². The monoisotopic (exact) mass is 557 g/mol. The first-order valence-corrected chi connectivity index (χ1v) is 12.2. The summed E-state index contributed by atoms with van der Waals surface area (Å²) in [5.74, 6) is -0.619. The number of aliphatic imine (C=N–C) groups is 1. The van der Waals surface area contributed by atoms with Gasteiger partial charge >= 0.3 is 5.97 Å². The molecule has 1 aliphatic rings. The molecule has 1 aliphatic heterocycles. The van der Waals surface area contributed by atoms with Gasteiger partial charge in [0, 0.05) is 5.56 Å². The number of benzene rings is 2. The van der Waals surface area contributed by atoms with Crippen molar-refractivity contribution in [2.75, 3.05) is 20.3 Å².